The lowest BCUT2D eigenvalue weighted by atomic mass is 10.0. The third-order valence-electron chi connectivity index (χ3n) is 3.07. The first kappa shape index (κ1) is 12.8. The molecule has 0 aliphatic heterocycles. The van der Waals surface area contributed by atoms with E-state index in [2.05, 4.69) is 5.32 Å². The average Bonchev–Trinajstić information content (AvgIpc) is 2.83. The normalized spacial score (nSPS) is 12.7. The van der Waals surface area contributed by atoms with Crippen LogP contribution >= 0.6 is 0 Å². The summed E-state index contributed by atoms with van der Waals surface area (Å²) >= 11 is 0. The summed E-state index contributed by atoms with van der Waals surface area (Å²) in [5, 5.41) is 3.11. The highest BCUT2D eigenvalue weighted by Crippen LogP contribution is 2.26. The maximum Gasteiger partial charge on any atom is 0.128 e. The minimum Gasteiger partial charge on any atom is -0.464 e. The van der Waals surface area contributed by atoms with Gasteiger partial charge in [0.15, 0.2) is 0 Å². The van der Waals surface area contributed by atoms with E-state index in [0.29, 0.717) is 5.56 Å². The Bertz CT molecular complexity index is 533. The summed E-state index contributed by atoms with van der Waals surface area (Å²) in [4.78, 5) is 0. The topological polar surface area (TPSA) is 25.2 Å². The van der Waals surface area contributed by atoms with Gasteiger partial charge >= 0.3 is 0 Å². The summed E-state index contributed by atoms with van der Waals surface area (Å²) in [5.41, 5.74) is 1.66. The van der Waals surface area contributed by atoms with Gasteiger partial charge in [-0.15, -0.1) is 0 Å². The highest BCUT2D eigenvalue weighted by atomic mass is 19.1. The fourth-order valence-corrected chi connectivity index (χ4v) is 2.08. The van der Waals surface area contributed by atoms with Crippen LogP contribution in [0.15, 0.2) is 34.7 Å². The molecule has 0 bridgehead atoms. The number of furan rings is 1. The molecule has 0 fully saturated rings. The summed E-state index contributed by atoms with van der Waals surface area (Å²) in [5.74, 6) is 1.45. The van der Waals surface area contributed by atoms with Crippen molar-refractivity contribution in [2.75, 3.05) is 7.05 Å². The van der Waals surface area contributed by atoms with Gasteiger partial charge in [0.1, 0.15) is 17.3 Å². The van der Waals surface area contributed by atoms with E-state index in [1.807, 2.05) is 32.0 Å². The Hall–Kier alpha value is -1.61. The Morgan fingerprint density at radius 2 is 2.06 bits per heavy atom. The molecular formula is C15H18FNO. The predicted octanol–water partition coefficient (Wildman–Crippen LogP) is 3.60. The van der Waals surface area contributed by atoms with Gasteiger partial charge < -0.3 is 9.73 Å². The molecule has 0 saturated carbocycles. The van der Waals surface area contributed by atoms with Crippen molar-refractivity contribution in [3.63, 3.8) is 0 Å². The molecule has 1 aromatic heterocycles. The molecule has 2 rings (SSSR count). The number of nitrogens with one attached hydrogen (secondary N) is 1. The van der Waals surface area contributed by atoms with Gasteiger partial charge in [-0.25, -0.2) is 4.39 Å². The average molecular weight is 247 g/mol. The van der Waals surface area contributed by atoms with Crippen LogP contribution < -0.4 is 5.32 Å². The van der Waals surface area contributed by atoms with Crippen molar-refractivity contribution in [3.05, 3.63) is 58.8 Å². The standard InChI is InChI=1S/C15H18FNO/c1-4-11-6-8-14(18-11)15(17-3)12-9-10(2)5-7-13(12)16/h5-9,15,17H,4H2,1-3H3. The van der Waals surface area contributed by atoms with Crippen molar-refractivity contribution in [3.8, 4) is 0 Å². The second-order valence-corrected chi connectivity index (χ2v) is 4.40. The van der Waals surface area contributed by atoms with E-state index in [9.17, 15) is 4.39 Å². The first-order chi connectivity index (χ1) is 8.65. The molecule has 18 heavy (non-hydrogen) atoms. The molecule has 1 heterocycles. The Morgan fingerprint density at radius 3 is 2.67 bits per heavy atom. The van der Waals surface area contributed by atoms with E-state index in [-0.39, 0.29) is 11.9 Å². The van der Waals surface area contributed by atoms with Gasteiger partial charge in [0.05, 0.1) is 6.04 Å². The SMILES string of the molecule is CCc1ccc(C(NC)c2cc(C)ccc2F)o1. The van der Waals surface area contributed by atoms with E-state index in [1.54, 1.807) is 13.1 Å². The van der Waals surface area contributed by atoms with Crippen LogP contribution in [0, 0.1) is 12.7 Å². The van der Waals surface area contributed by atoms with Crippen LogP contribution in [-0.4, -0.2) is 7.05 Å². The van der Waals surface area contributed by atoms with Crippen molar-refractivity contribution in [2.24, 2.45) is 0 Å². The Morgan fingerprint density at radius 1 is 1.28 bits per heavy atom. The number of aryl methyl sites for hydroxylation is 2. The summed E-state index contributed by atoms with van der Waals surface area (Å²) in [6.45, 7) is 3.99. The second-order valence-electron chi connectivity index (χ2n) is 4.40. The summed E-state index contributed by atoms with van der Waals surface area (Å²) < 4.78 is 19.6. The quantitative estimate of drug-likeness (QED) is 0.893. The van der Waals surface area contributed by atoms with Crippen molar-refractivity contribution in [2.45, 2.75) is 26.3 Å². The van der Waals surface area contributed by atoms with E-state index in [1.165, 1.54) is 6.07 Å². The number of hydrogen-bond donors (Lipinski definition) is 1. The van der Waals surface area contributed by atoms with Crippen LogP contribution in [0.4, 0.5) is 4.39 Å². The lowest BCUT2D eigenvalue weighted by molar-refractivity contribution is 0.427. The van der Waals surface area contributed by atoms with Crippen molar-refractivity contribution in [1.82, 2.24) is 5.32 Å². The molecule has 96 valence electrons. The van der Waals surface area contributed by atoms with Crippen LogP contribution in [0.2, 0.25) is 0 Å². The molecule has 1 aromatic carbocycles. The zero-order valence-electron chi connectivity index (χ0n) is 11.0. The maximum absolute atomic E-state index is 13.9. The molecular weight excluding hydrogens is 229 g/mol. The van der Waals surface area contributed by atoms with Gasteiger partial charge in [-0.05, 0) is 32.2 Å². The summed E-state index contributed by atoms with van der Waals surface area (Å²) in [6.07, 6.45) is 0.840. The molecule has 1 atom stereocenters. The lowest BCUT2D eigenvalue weighted by Gasteiger charge is -2.15. The van der Waals surface area contributed by atoms with Crippen molar-refractivity contribution < 1.29 is 8.81 Å². The minimum atomic E-state index is -0.245. The molecule has 1 N–H and O–H groups in total. The largest absolute Gasteiger partial charge is 0.464 e. The van der Waals surface area contributed by atoms with Gasteiger partial charge in [0.25, 0.3) is 0 Å². The molecule has 0 aliphatic carbocycles. The Balaban J connectivity index is 2.41. The van der Waals surface area contributed by atoms with Gasteiger partial charge in [-0.3, -0.25) is 0 Å². The molecule has 2 aromatic rings. The van der Waals surface area contributed by atoms with E-state index < -0.39 is 0 Å². The molecule has 0 radical (unpaired) electrons. The monoisotopic (exact) mass is 247 g/mol. The first-order valence-corrected chi connectivity index (χ1v) is 6.17. The van der Waals surface area contributed by atoms with Gasteiger partial charge in [-0.2, -0.15) is 0 Å². The predicted molar refractivity (Wildman–Crippen MR) is 70.1 cm³/mol. The fraction of sp³-hybridized carbons (Fsp3) is 0.333. The van der Waals surface area contributed by atoms with Crippen molar-refractivity contribution >= 4 is 0 Å². The number of benzene rings is 1. The molecule has 3 heteroatoms. The van der Waals surface area contributed by atoms with E-state index in [0.717, 1.165) is 23.5 Å². The fourth-order valence-electron chi connectivity index (χ4n) is 2.08. The van der Waals surface area contributed by atoms with Crippen LogP contribution in [0.5, 0.6) is 0 Å². The zero-order valence-corrected chi connectivity index (χ0v) is 11.0. The molecule has 1 unspecified atom stereocenters. The van der Waals surface area contributed by atoms with Crippen LogP contribution in [-0.2, 0) is 6.42 Å². The molecule has 0 amide bonds. The lowest BCUT2D eigenvalue weighted by Crippen LogP contribution is -2.18. The third-order valence-corrected chi connectivity index (χ3v) is 3.07. The van der Waals surface area contributed by atoms with Crippen molar-refractivity contribution in [1.29, 1.82) is 0 Å². The second kappa shape index (κ2) is 5.36. The van der Waals surface area contributed by atoms with Gasteiger partial charge in [0, 0.05) is 12.0 Å². The highest BCUT2D eigenvalue weighted by molar-refractivity contribution is 5.32. The number of rotatable bonds is 4. The molecule has 0 spiro atoms. The van der Waals surface area contributed by atoms with E-state index in [4.69, 9.17) is 4.42 Å². The van der Waals surface area contributed by atoms with Crippen LogP contribution in [0.3, 0.4) is 0 Å². The highest BCUT2D eigenvalue weighted by Gasteiger charge is 2.19. The number of halogens is 1. The van der Waals surface area contributed by atoms with Gasteiger partial charge in [-0.1, -0.05) is 24.6 Å². The van der Waals surface area contributed by atoms with Crippen LogP contribution in [0.25, 0.3) is 0 Å². The minimum absolute atomic E-state index is 0.214. The zero-order chi connectivity index (χ0) is 13.1. The van der Waals surface area contributed by atoms with Crippen LogP contribution in [0.1, 0.15) is 35.6 Å². The smallest absolute Gasteiger partial charge is 0.128 e. The Labute approximate surface area is 107 Å². The summed E-state index contributed by atoms with van der Waals surface area (Å²) in [7, 11) is 1.81. The number of hydrogen-bond acceptors (Lipinski definition) is 2. The Kier molecular flexibility index (Phi) is 3.82. The maximum atomic E-state index is 13.9. The first-order valence-electron chi connectivity index (χ1n) is 6.17. The molecule has 2 nitrogen and oxygen atoms in total. The third kappa shape index (κ3) is 2.46. The molecule has 0 saturated heterocycles. The molecule has 0 aliphatic rings. The van der Waals surface area contributed by atoms with E-state index >= 15 is 0 Å². The van der Waals surface area contributed by atoms with Gasteiger partial charge in [0.2, 0.25) is 0 Å². The summed E-state index contributed by atoms with van der Waals surface area (Å²) in [6, 6.07) is 8.72.